The maximum atomic E-state index is 12.7. The highest BCUT2D eigenvalue weighted by atomic mass is 32.1. The molecule has 0 radical (unpaired) electrons. The molecule has 1 fully saturated rings. The number of piperidine rings is 1. The van der Waals surface area contributed by atoms with E-state index in [1.165, 1.54) is 33.9 Å². The lowest BCUT2D eigenvalue weighted by molar-refractivity contribution is 0.0943. The Labute approximate surface area is 167 Å². The average molecular weight is 398 g/mol. The van der Waals surface area contributed by atoms with E-state index in [1.54, 1.807) is 0 Å². The third kappa shape index (κ3) is 3.91. The lowest BCUT2D eigenvalue weighted by Crippen LogP contribution is -2.34. The molecule has 1 N–H and O–H groups in total. The van der Waals surface area contributed by atoms with E-state index in [0.717, 1.165) is 30.2 Å². The molecule has 1 aromatic carbocycles. The van der Waals surface area contributed by atoms with Gasteiger partial charge in [0.15, 0.2) is 0 Å². The fourth-order valence-electron chi connectivity index (χ4n) is 3.44. The Kier molecular flexibility index (Phi) is 5.13. The summed E-state index contributed by atoms with van der Waals surface area (Å²) in [6.07, 6.45) is 2.33. The molecule has 146 valence electrons. The van der Waals surface area contributed by atoms with E-state index < -0.39 is 5.56 Å². The third-order valence-electron chi connectivity index (χ3n) is 4.98. The van der Waals surface area contributed by atoms with E-state index in [2.05, 4.69) is 27.2 Å². The van der Waals surface area contributed by atoms with Crippen molar-refractivity contribution in [3.63, 3.8) is 0 Å². The number of aryl methyl sites for hydroxylation is 1. The van der Waals surface area contributed by atoms with E-state index >= 15 is 0 Å². The summed E-state index contributed by atoms with van der Waals surface area (Å²) in [4.78, 5) is 31.5. The van der Waals surface area contributed by atoms with Crippen molar-refractivity contribution in [2.75, 3.05) is 18.0 Å². The molecule has 3 aromatic rings. The number of aromatic nitrogens is 3. The monoisotopic (exact) mass is 397 g/mol. The lowest BCUT2D eigenvalue weighted by Gasteiger charge is -2.30. The fraction of sp³-hybridized carbons (Fsp3) is 0.400. The number of nitrogens with zero attached hydrogens (tertiary/aromatic N) is 4. The molecular weight excluding hydrogens is 374 g/mol. The van der Waals surface area contributed by atoms with Crippen LogP contribution in [0.4, 0.5) is 5.13 Å². The number of carbonyl (C=O) groups is 1. The molecule has 1 aliphatic heterocycles. The number of amides is 1. The van der Waals surface area contributed by atoms with Gasteiger partial charge in [-0.2, -0.15) is 9.50 Å². The van der Waals surface area contributed by atoms with Crippen molar-refractivity contribution in [1.82, 2.24) is 19.9 Å². The Morgan fingerprint density at radius 1 is 1.32 bits per heavy atom. The van der Waals surface area contributed by atoms with Crippen molar-refractivity contribution in [3.8, 4) is 0 Å². The number of benzene rings is 1. The van der Waals surface area contributed by atoms with Crippen LogP contribution >= 0.6 is 11.3 Å². The van der Waals surface area contributed by atoms with E-state index in [-0.39, 0.29) is 11.6 Å². The Bertz CT molecular complexity index is 1060. The van der Waals surface area contributed by atoms with Gasteiger partial charge in [0.1, 0.15) is 5.69 Å². The molecule has 28 heavy (non-hydrogen) atoms. The average Bonchev–Trinajstić information content (AvgIpc) is 3.10. The number of rotatable bonds is 4. The molecule has 7 nitrogen and oxygen atoms in total. The first-order valence-electron chi connectivity index (χ1n) is 9.49. The standard InChI is InChI=1S/C20H23N5O2S/c1-13-5-7-15(8-6-13)11-21-18(27)16-10-17(26)22-19-25(16)23-20(28-19)24-9-3-4-14(2)12-24/h5-8,10,14H,3-4,9,11-12H2,1-2H3,(H,21,27). The second-order valence-corrected chi connectivity index (χ2v) is 8.35. The highest BCUT2D eigenvalue weighted by Gasteiger charge is 2.22. The summed E-state index contributed by atoms with van der Waals surface area (Å²) in [6.45, 7) is 6.50. The van der Waals surface area contributed by atoms with Crippen LogP contribution in [0.15, 0.2) is 35.1 Å². The topological polar surface area (TPSA) is 79.6 Å². The molecule has 1 saturated heterocycles. The molecule has 0 spiro atoms. The van der Waals surface area contributed by atoms with Crippen LogP contribution < -0.4 is 15.8 Å². The maximum Gasteiger partial charge on any atom is 0.274 e. The van der Waals surface area contributed by atoms with Gasteiger partial charge in [-0.3, -0.25) is 9.59 Å². The zero-order valence-corrected chi connectivity index (χ0v) is 16.8. The molecule has 1 unspecified atom stereocenters. The minimum Gasteiger partial charge on any atom is -0.347 e. The predicted molar refractivity (Wildman–Crippen MR) is 110 cm³/mol. The quantitative estimate of drug-likeness (QED) is 0.732. The van der Waals surface area contributed by atoms with Crippen molar-refractivity contribution in [2.45, 2.75) is 33.2 Å². The first-order chi connectivity index (χ1) is 13.5. The smallest absolute Gasteiger partial charge is 0.274 e. The Balaban J connectivity index is 1.59. The summed E-state index contributed by atoms with van der Waals surface area (Å²) in [6, 6.07) is 9.20. The SMILES string of the molecule is Cc1ccc(CNC(=O)c2cc(=O)nc3sc(N4CCCC(C)C4)nn23)cc1. The summed E-state index contributed by atoms with van der Waals surface area (Å²) in [5.41, 5.74) is 1.95. The van der Waals surface area contributed by atoms with Gasteiger partial charge in [-0.15, -0.1) is 5.10 Å². The Hall–Kier alpha value is -2.74. The van der Waals surface area contributed by atoms with Crippen molar-refractivity contribution in [2.24, 2.45) is 5.92 Å². The molecule has 0 aliphatic carbocycles. The van der Waals surface area contributed by atoms with Gasteiger partial charge in [-0.25, -0.2) is 0 Å². The molecule has 1 aliphatic rings. The minimum absolute atomic E-state index is 0.217. The third-order valence-corrected chi connectivity index (χ3v) is 5.95. The highest BCUT2D eigenvalue weighted by Crippen LogP contribution is 2.27. The molecule has 3 heterocycles. The van der Waals surface area contributed by atoms with Crippen LogP contribution in [0.1, 0.15) is 41.4 Å². The highest BCUT2D eigenvalue weighted by molar-refractivity contribution is 7.20. The number of hydrogen-bond acceptors (Lipinski definition) is 6. The van der Waals surface area contributed by atoms with E-state index in [9.17, 15) is 9.59 Å². The van der Waals surface area contributed by atoms with Crippen LogP contribution in [0, 0.1) is 12.8 Å². The fourth-order valence-corrected chi connectivity index (χ4v) is 4.38. The second-order valence-electron chi connectivity index (χ2n) is 7.42. The van der Waals surface area contributed by atoms with Gasteiger partial charge in [0.2, 0.25) is 10.1 Å². The molecule has 1 atom stereocenters. The van der Waals surface area contributed by atoms with Crippen LogP contribution in [0.5, 0.6) is 0 Å². The van der Waals surface area contributed by atoms with Crippen LogP contribution in [-0.4, -0.2) is 33.6 Å². The van der Waals surface area contributed by atoms with Crippen LogP contribution in [0.25, 0.3) is 4.96 Å². The van der Waals surface area contributed by atoms with Crippen molar-refractivity contribution < 1.29 is 4.79 Å². The lowest BCUT2D eigenvalue weighted by atomic mass is 10.0. The molecule has 0 saturated carbocycles. The van der Waals surface area contributed by atoms with Gasteiger partial charge >= 0.3 is 0 Å². The molecule has 1 amide bonds. The van der Waals surface area contributed by atoms with Crippen molar-refractivity contribution in [1.29, 1.82) is 0 Å². The summed E-state index contributed by atoms with van der Waals surface area (Å²) < 4.78 is 1.49. The molecule has 2 aromatic heterocycles. The first-order valence-corrected chi connectivity index (χ1v) is 10.3. The van der Waals surface area contributed by atoms with Gasteiger partial charge < -0.3 is 10.2 Å². The van der Waals surface area contributed by atoms with Crippen LogP contribution in [0.3, 0.4) is 0 Å². The van der Waals surface area contributed by atoms with E-state index in [4.69, 9.17) is 0 Å². The normalized spacial score (nSPS) is 17.1. The van der Waals surface area contributed by atoms with Gasteiger partial charge in [0, 0.05) is 25.7 Å². The summed E-state index contributed by atoms with van der Waals surface area (Å²) in [5, 5.41) is 8.28. The zero-order valence-electron chi connectivity index (χ0n) is 16.0. The van der Waals surface area contributed by atoms with Gasteiger partial charge in [0.25, 0.3) is 11.5 Å². The van der Waals surface area contributed by atoms with E-state index in [0.29, 0.717) is 17.4 Å². The molecule has 8 heteroatoms. The molecule has 0 bridgehead atoms. The van der Waals surface area contributed by atoms with Gasteiger partial charge in [-0.05, 0) is 31.2 Å². The van der Waals surface area contributed by atoms with Crippen molar-refractivity contribution >= 4 is 27.3 Å². The van der Waals surface area contributed by atoms with Crippen LogP contribution in [0.2, 0.25) is 0 Å². The maximum absolute atomic E-state index is 12.7. The summed E-state index contributed by atoms with van der Waals surface area (Å²) in [5.74, 6) is 0.269. The van der Waals surface area contributed by atoms with E-state index in [1.807, 2.05) is 31.2 Å². The summed E-state index contributed by atoms with van der Waals surface area (Å²) >= 11 is 1.35. The van der Waals surface area contributed by atoms with Gasteiger partial charge in [-0.1, -0.05) is 48.1 Å². The number of fused-ring (bicyclic) bond motifs is 1. The minimum atomic E-state index is -0.428. The predicted octanol–water partition coefficient (Wildman–Crippen LogP) is 2.63. The Morgan fingerprint density at radius 3 is 2.86 bits per heavy atom. The van der Waals surface area contributed by atoms with Gasteiger partial charge in [0.05, 0.1) is 0 Å². The first kappa shape index (κ1) is 18.6. The zero-order chi connectivity index (χ0) is 19.7. The number of carbonyl (C=O) groups excluding carboxylic acids is 1. The molecular formula is C20H23N5O2S. The number of anilines is 1. The molecule has 4 rings (SSSR count). The summed E-state index contributed by atoms with van der Waals surface area (Å²) in [7, 11) is 0. The second kappa shape index (κ2) is 7.71. The number of hydrogen-bond donors (Lipinski definition) is 1. The number of nitrogens with one attached hydrogen (secondary N) is 1. The Morgan fingerprint density at radius 2 is 2.11 bits per heavy atom. The van der Waals surface area contributed by atoms with Crippen LogP contribution in [-0.2, 0) is 6.54 Å². The van der Waals surface area contributed by atoms with Crippen molar-refractivity contribution in [3.05, 3.63) is 57.5 Å². The largest absolute Gasteiger partial charge is 0.347 e.